The van der Waals surface area contributed by atoms with Gasteiger partial charge in [-0.05, 0) is 32.0 Å². The van der Waals surface area contributed by atoms with Crippen molar-refractivity contribution in [1.29, 1.82) is 0 Å². The van der Waals surface area contributed by atoms with E-state index in [0.29, 0.717) is 11.4 Å². The first-order valence-corrected chi connectivity index (χ1v) is 6.34. The van der Waals surface area contributed by atoms with Gasteiger partial charge in [-0.2, -0.15) is 5.10 Å². The summed E-state index contributed by atoms with van der Waals surface area (Å²) < 4.78 is 13.8. The molecule has 0 bridgehead atoms. The lowest BCUT2D eigenvalue weighted by Gasteiger charge is -2.06. The number of halogens is 1. The van der Waals surface area contributed by atoms with E-state index >= 15 is 0 Å². The molecular formula is C15H15FN4O. The largest absolute Gasteiger partial charge is 0.320 e. The molecule has 0 aliphatic heterocycles. The van der Waals surface area contributed by atoms with E-state index in [4.69, 9.17) is 5.73 Å². The van der Waals surface area contributed by atoms with Gasteiger partial charge in [0.1, 0.15) is 5.82 Å². The van der Waals surface area contributed by atoms with Crippen LogP contribution in [0, 0.1) is 31.5 Å². The Hall–Kier alpha value is -2.65. The van der Waals surface area contributed by atoms with E-state index in [0.717, 1.165) is 11.8 Å². The molecule has 0 aliphatic rings. The van der Waals surface area contributed by atoms with E-state index in [1.807, 2.05) is 0 Å². The lowest BCUT2D eigenvalue weighted by Crippen LogP contribution is -2.13. The Bertz CT molecular complexity index is 720. The number of rotatable bonds is 2. The first kappa shape index (κ1) is 14.8. The number of aromatic nitrogens is 2. The van der Waals surface area contributed by atoms with Crippen molar-refractivity contribution in [3.63, 3.8) is 0 Å². The van der Waals surface area contributed by atoms with Gasteiger partial charge in [0.05, 0.1) is 29.2 Å². The van der Waals surface area contributed by atoms with E-state index in [2.05, 4.69) is 27.4 Å². The summed E-state index contributed by atoms with van der Waals surface area (Å²) in [4.78, 5) is 12.1. The summed E-state index contributed by atoms with van der Waals surface area (Å²) >= 11 is 0. The Morgan fingerprint density at radius 3 is 2.81 bits per heavy atom. The molecule has 2 rings (SSSR count). The van der Waals surface area contributed by atoms with Crippen molar-refractivity contribution < 1.29 is 9.18 Å². The Morgan fingerprint density at radius 2 is 2.24 bits per heavy atom. The van der Waals surface area contributed by atoms with E-state index in [-0.39, 0.29) is 17.7 Å². The normalized spacial score (nSPS) is 9.90. The van der Waals surface area contributed by atoms with Crippen molar-refractivity contribution in [3.8, 4) is 11.8 Å². The van der Waals surface area contributed by atoms with Crippen LogP contribution < -0.4 is 11.1 Å². The van der Waals surface area contributed by atoms with Crippen LogP contribution in [0.25, 0.3) is 0 Å². The van der Waals surface area contributed by atoms with Gasteiger partial charge in [0.2, 0.25) is 0 Å². The molecule has 0 saturated carbocycles. The second-order valence-electron chi connectivity index (χ2n) is 4.46. The van der Waals surface area contributed by atoms with Gasteiger partial charge in [0.25, 0.3) is 5.91 Å². The van der Waals surface area contributed by atoms with Crippen molar-refractivity contribution in [2.45, 2.75) is 13.8 Å². The second-order valence-corrected chi connectivity index (χ2v) is 4.46. The van der Waals surface area contributed by atoms with Crippen LogP contribution in [0.1, 0.15) is 27.3 Å². The van der Waals surface area contributed by atoms with Crippen LogP contribution >= 0.6 is 0 Å². The van der Waals surface area contributed by atoms with E-state index in [1.165, 1.54) is 12.1 Å². The molecule has 2 aromatic rings. The number of aromatic amines is 1. The highest BCUT2D eigenvalue weighted by Crippen LogP contribution is 2.18. The zero-order valence-electron chi connectivity index (χ0n) is 11.7. The summed E-state index contributed by atoms with van der Waals surface area (Å²) in [5, 5.41) is 9.46. The fourth-order valence-electron chi connectivity index (χ4n) is 1.82. The molecule has 1 heterocycles. The van der Waals surface area contributed by atoms with Crippen LogP contribution in [0.3, 0.4) is 0 Å². The number of H-pyrrole nitrogens is 1. The third-order valence-electron chi connectivity index (χ3n) is 2.92. The quantitative estimate of drug-likeness (QED) is 0.735. The molecule has 0 saturated heterocycles. The minimum atomic E-state index is -0.552. The van der Waals surface area contributed by atoms with Crippen molar-refractivity contribution in [1.82, 2.24) is 10.2 Å². The molecular weight excluding hydrogens is 271 g/mol. The van der Waals surface area contributed by atoms with Gasteiger partial charge < -0.3 is 11.1 Å². The molecule has 0 spiro atoms. The third kappa shape index (κ3) is 3.27. The van der Waals surface area contributed by atoms with Crippen molar-refractivity contribution >= 4 is 11.6 Å². The van der Waals surface area contributed by atoms with E-state index in [1.54, 1.807) is 13.8 Å². The van der Waals surface area contributed by atoms with Crippen LogP contribution in [0.5, 0.6) is 0 Å². The summed E-state index contributed by atoms with van der Waals surface area (Å²) in [5.74, 6) is 4.22. The van der Waals surface area contributed by atoms with Crippen molar-refractivity contribution in [3.05, 3.63) is 46.5 Å². The molecule has 0 radical (unpaired) electrons. The average Bonchev–Trinajstić information content (AvgIpc) is 2.77. The van der Waals surface area contributed by atoms with Gasteiger partial charge in [-0.1, -0.05) is 11.8 Å². The standard InChI is InChI=1S/C15H15FN4O/c1-9-14(10(2)20-19-9)18-15(21)12-6-5-11(4-3-7-17)13(16)8-12/h5-6,8H,7,17H2,1-2H3,(H,18,21)(H,19,20). The first-order chi connectivity index (χ1) is 10.0. The summed E-state index contributed by atoms with van der Waals surface area (Å²) in [5.41, 5.74) is 7.69. The van der Waals surface area contributed by atoms with E-state index in [9.17, 15) is 9.18 Å². The molecule has 0 fully saturated rings. The number of nitrogens with zero attached hydrogens (tertiary/aromatic N) is 1. The molecule has 0 aliphatic carbocycles. The Kier molecular flexibility index (Phi) is 4.36. The van der Waals surface area contributed by atoms with Crippen molar-refractivity contribution in [2.75, 3.05) is 11.9 Å². The smallest absolute Gasteiger partial charge is 0.255 e. The molecule has 0 atom stereocenters. The average molecular weight is 286 g/mol. The minimum Gasteiger partial charge on any atom is -0.320 e. The predicted octanol–water partition coefficient (Wildman–Crippen LogP) is 1.73. The molecule has 4 N–H and O–H groups in total. The number of hydrogen-bond acceptors (Lipinski definition) is 3. The number of anilines is 1. The second kappa shape index (κ2) is 6.20. The summed E-state index contributed by atoms with van der Waals surface area (Å²) in [7, 11) is 0. The summed E-state index contributed by atoms with van der Waals surface area (Å²) in [6, 6.07) is 4.13. The van der Waals surface area contributed by atoms with Gasteiger partial charge in [-0.15, -0.1) is 0 Å². The van der Waals surface area contributed by atoms with Crippen molar-refractivity contribution in [2.24, 2.45) is 5.73 Å². The number of benzene rings is 1. The maximum atomic E-state index is 13.8. The minimum absolute atomic E-state index is 0.153. The number of aryl methyl sites for hydroxylation is 2. The molecule has 6 heteroatoms. The lowest BCUT2D eigenvalue weighted by atomic mass is 10.1. The molecule has 108 valence electrons. The summed E-state index contributed by atoms with van der Waals surface area (Å²) in [6.07, 6.45) is 0. The maximum Gasteiger partial charge on any atom is 0.255 e. The predicted molar refractivity (Wildman–Crippen MR) is 78.3 cm³/mol. The highest BCUT2D eigenvalue weighted by molar-refractivity contribution is 6.04. The monoisotopic (exact) mass is 286 g/mol. The SMILES string of the molecule is Cc1n[nH]c(C)c1NC(=O)c1ccc(C#CCN)c(F)c1. The molecule has 1 aromatic carbocycles. The number of nitrogens with two attached hydrogens (primary N) is 1. The van der Waals surface area contributed by atoms with Crippen LogP contribution in [-0.4, -0.2) is 22.6 Å². The maximum absolute atomic E-state index is 13.8. The molecule has 0 unspecified atom stereocenters. The third-order valence-corrected chi connectivity index (χ3v) is 2.92. The van der Waals surface area contributed by atoms with Gasteiger partial charge in [-0.3, -0.25) is 9.89 Å². The van der Waals surface area contributed by atoms with Gasteiger partial charge in [-0.25, -0.2) is 4.39 Å². The van der Waals surface area contributed by atoms with Crippen LogP contribution in [0.15, 0.2) is 18.2 Å². The Labute approximate surface area is 121 Å². The first-order valence-electron chi connectivity index (χ1n) is 6.34. The Morgan fingerprint density at radius 1 is 1.48 bits per heavy atom. The van der Waals surface area contributed by atoms with Crippen LogP contribution in [0.4, 0.5) is 10.1 Å². The number of amides is 1. The lowest BCUT2D eigenvalue weighted by molar-refractivity contribution is 0.102. The van der Waals surface area contributed by atoms with Gasteiger partial charge in [0, 0.05) is 5.56 Å². The topological polar surface area (TPSA) is 83.8 Å². The van der Waals surface area contributed by atoms with Crippen LogP contribution in [-0.2, 0) is 0 Å². The highest BCUT2D eigenvalue weighted by Gasteiger charge is 2.13. The van der Waals surface area contributed by atoms with Gasteiger partial charge >= 0.3 is 0 Å². The highest BCUT2D eigenvalue weighted by atomic mass is 19.1. The molecule has 5 nitrogen and oxygen atoms in total. The van der Waals surface area contributed by atoms with Gasteiger partial charge in [0.15, 0.2) is 0 Å². The zero-order chi connectivity index (χ0) is 15.4. The summed E-state index contributed by atoms with van der Waals surface area (Å²) in [6.45, 7) is 3.72. The number of hydrogen-bond donors (Lipinski definition) is 3. The molecule has 1 aromatic heterocycles. The fourth-order valence-corrected chi connectivity index (χ4v) is 1.82. The molecule has 21 heavy (non-hydrogen) atoms. The molecule has 1 amide bonds. The number of nitrogens with one attached hydrogen (secondary N) is 2. The fraction of sp³-hybridized carbons (Fsp3) is 0.200. The van der Waals surface area contributed by atoms with Crippen LogP contribution in [0.2, 0.25) is 0 Å². The number of carbonyl (C=O) groups is 1. The zero-order valence-corrected chi connectivity index (χ0v) is 11.7. The number of carbonyl (C=O) groups excluding carboxylic acids is 1. The van der Waals surface area contributed by atoms with E-state index < -0.39 is 11.7 Å². The Balaban J connectivity index is 2.22.